The van der Waals surface area contributed by atoms with E-state index in [-0.39, 0.29) is 0 Å². The number of carboxylic acids is 2. The Morgan fingerprint density at radius 1 is 1.00 bits per heavy atom. The summed E-state index contributed by atoms with van der Waals surface area (Å²) in [7, 11) is 0. The van der Waals surface area contributed by atoms with Crippen molar-refractivity contribution in [3.63, 3.8) is 0 Å². The standard InChI is InChI=1S/C5H6O6/c6-2(1-3(7)8)4(9)5(10)11/h6,9H,1H2,(H,7,8)(H,10,11)/b4-2+. The smallest absolute Gasteiger partial charge is 0.374 e. The second-order valence-electron chi connectivity index (χ2n) is 1.67. The minimum Gasteiger partial charge on any atom is -0.508 e. The molecule has 6 heteroatoms. The lowest BCUT2D eigenvalue weighted by Gasteiger charge is -1.95. The molecule has 0 aromatic rings. The van der Waals surface area contributed by atoms with E-state index in [0.29, 0.717) is 0 Å². The van der Waals surface area contributed by atoms with Crippen molar-refractivity contribution in [2.45, 2.75) is 6.42 Å². The minimum atomic E-state index is -1.76. The van der Waals surface area contributed by atoms with Crippen molar-refractivity contribution in [2.24, 2.45) is 0 Å². The normalized spacial score (nSPS) is 12.0. The maximum absolute atomic E-state index is 9.86. The van der Waals surface area contributed by atoms with Gasteiger partial charge in [-0.05, 0) is 0 Å². The van der Waals surface area contributed by atoms with Crippen LogP contribution < -0.4 is 0 Å². The summed E-state index contributed by atoms with van der Waals surface area (Å²) in [6.45, 7) is 0. The fraction of sp³-hybridized carbons (Fsp3) is 0.200. The van der Waals surface area contributed by atoms with Gasteiger partial charge in [-0.3, -0.25) is 4.79 Å². The third kappa shape index (κ3) is 3.09. The molecule has 0 unspecified atom stereocenters. The van der Waals surface area contributed by atoms with Gasteiger partial charge in [0.1, 0.15) is 6.42 Å². The zero-order valence-corrected chi connectivity index (χ0v) is 5.31. The molecular weight excluding hydrogens is 156 g/mol. The molecule has 4 N–H and O–H groups in total. The number of aliphatic hydroxyl groups is 2. The summed E-state index contributed by atoms with van der Waals surface area (Å²) in [4.78, 5) is 19.7. The molecule has 0 bridgehead atoms. The van der Waals surface area contributed by atoms with E-state index < -0.39 is 29.9 Å². The molecule has 6 nitrogen and oxygen atoms in total. The number of aliphatic hydroxyl groups excluding tert-OH is 2. The Kier molecular flexibility index (Phi) is 2.91. The molecule has 0 spiro atoms. The largest absolute Gasteiger partial charge is 0.508 e. The monoisotopic (exact) mass is 162 g/mol. The highest BCUT2D eigenvalue weighted by Crippen LogP contribution is 2.02. The van der Waals surface area contributed by atoms with Crippen molar-refractivity contribution >= 4 is 11.9 Å². The van der Waals surface area contributed by atoms with Gasteiger partial charge in [0, 0.05) is 0 Å². The third-order valence-electron chi connectivity index (χ3n) is 0.795. The molecule has 0 saturated carbocycles. The number of carbonyl (C=O) groups is 2. The van der Waals surface area contributed by atoms with Crippen LogP contribution in [0.2, 0.25) is 0 Å². The van der Waals surface area contributed by atoms with Crippen LogP contribution in [-0.4, -0.2) is 32.4 Å². The molecule has 0 aliphatic heterocycles. The lowest BCUT2D eigenvalue weighted by atomic mass is 10.3. The Bertz CT molecular complexity index is 215. The molecule has 0 saturated heterocycles. The summed E-state index contributed by atoms with van der Waals surface area (Å²) in [5.74, 6) is -5.59. The van der Waals surface area contributed by atoms with E-state index in [0.717, 1.165) is 0 Å². The molecular formula is C5H6O6. The highest BCUT2D eigenvalue weighted by atomic mass is 16.4. The van der Waals surface area contributed by atoms with Crippen LogP contribution in [-0.2, 0) is 9.59 Å². The van der Waals surface area contributed by atoms with Crippen LogP contribution in [0.4, 0.5) is 0 Å². The average molecular weight is 162 g/mol. The Morgan fingerprint density at radius 3 is 1.73 bits per heavy atom. The Balaban J connectivity index is 4.40. The lowest BCUT2D eigenvalue weighted by molar-refractivity contribution is -0.137. The van der Waals surface area contributed by atoms with Crippen molar-refractivity contribution in [3.05, 3.63) is 11.5 Å². The molecule has 0 heterocycles. The average Bonchev–Trinajstić information content (AvgIpc) is 1.84. The van der Waals surface area contributed by atoms with Gasteiger partial charge in [0.05, 0.1) is 0 Å². The van der Waals surface area contributed by atoms with Crippen molar-refractivity contribution in [1.29, 1.82) is 0 Å². The Hall–Kier alpha value is -1.72. The first kappa shape index (κ1) is 9.28. The maximum atomic E-state index is 9.86. The number of carboxylic acid groups (broad SMARTS) is 2. The topological polar surface area (TPSA) is 115 Å². The molecule has 0 amide bonds. The van der Waals surface area contributed by atoms with Crippen LogP contribution >= 0.6 is 0 Å². The second kappa shape index (κ2) is 3.45. The SMILES string of the molecule is O=C(O)C/C(O)=C(\O)C(=O)O. The van der Waals surface area contributed by atoms with Gasteiger partial charge in [-0.25, -0.2) is 4.79 Å². The number of rotatable bonds is 3. The molecule has 0 aliphatic rings. The molecule has 0 atom stereocenters. The summed E-state index contributed by atoms with van der Waals surface area (Å²) >= 11 is 0. The van der Waals surface area contributed by atoms with Crippen molar-refractivity contribution in [1.82, 2.24) is 0 Å². The third-order valence-corrected chi connectivity index (χ3v) is 0.795. The summed E-state index contributed by atoms with van der Waals surface area (Å²) in [6, 6.07) is 0. The van der Waals surface area contributed by atoms with E-state index in [1.807, 2.05) is 0 Å². The highest BCUT2D eigenvalue weighted by molar-refractivity contribution is 5.85. The van der Waals surface area contributed by atoms with Gasteiger partial charge in [-0.2, -0.15) is 0 Å². The van der Waals surface area contributed by atoms with Crippen LogP contribution in [0.25, 0.3) is 0 Å². The minimum absolute atomic E-state index is 0.905. The van der Waals surface area contributed by atoms with Crippen LogP contribution in [0.1, 0.15) is 6.42 Å². The lowest BCUT2D eigenvalue weighted by Crippen LogP contribution is -2.06. The molecule has 62 valence electrons. The molecule has 0 fully saturated rings. The van der Waals surface area contributed by atoms with E-state index >= 15 is 0 Å². The van der Waals surface area contributed by atoms with Crippen molar-refractivity contribution in [2.75, 3.05) is 0 Å². The second-order valence-corrected chi connectivity index (χ2v) is 1.67. The fourth-order valence-corrected chi connectivity index (χ4v) is 0.350. The van der Waals surface area contributed by atoms with E-state index in [9.17, 15) is 9.59 Å². The van der Waals surface area contributed by atoms with Crippen LogP contribution in [0.5, 0.6) is 0 Å². The van der Waals surface area contributed by atoms with Crippen molar-refractivity contribution in [3.8, 4) is 0 Å². The summed E-state index contributed by atoms with van der Waals surface area (Å²) in [5, 5.41) is 33.0. The quantitative estimate of drug-likeness (QED) is 0.339. The predicted octanol–water partition coefficient (Wildman–Crippen LogP) is -0.127. The van der Waals surface area contributed by atoms with Gasteiger partial charge in [-0.1, -0.05) is 0 Å². The van der Waals surface area contributed by atoms with Gasteiger partial charge in [0.2, 0.25) is 5.76 Å². The zero-order chi connectivity index (χ0) is 9.02. The first-order chi connectivity index (χ1) is 4.95. The number of hydrogen-bond donors (Lipinski definition) is 4. The van der Waals surface area contributed by atoms with Gasteiger partial charge < -0.3 is 20.4 Å². The zero-order valence-electron chi connectivity index (χ0n) is 5.31. The summed E-state index contributed by atoms with van der Waals surface area (Å²) in [5.41, 5.74) is 0. The molecule has 0 aromatic heterocycles. The highest BCUT2D eigenvalue weighted by Gasteiger charge is 2.14. The van der Waals surface area contributed by atoms with Crippen LogP contribution in [0.3, 0.4) is 0 Å². The van der Waals surface area contributed by atoms with Crippen LogP contribution in [0.15, 0.2) is 11.5 Å². The van der Waals surface area contributed by atoms with Gasteiger partial charge in [-0.15, -0.1) is 0 Å². The summed E-state index contributed by atoms with van der Waals surface area (Å²) < 4.78 is 0. The molecule has 0 aromatic carbocycles. The maximum Gasteiger partial charge on any atom is 0.374 e. The molecule has 0 aliphatic carbocycles. The number of hydrogen-bond acceptors (Lipinski definition) is 4. The first-order valence-electron chi connectivity index (χ1n) is 2.51. The van der Waals surface area contributed by atoms with Gasteiger partial charge >= 0.3 is 11.9 Å². The van der Waals surface area contributed by atoms with E-state index in [1.165, 1.54) is 0 Å². The van der Waals surface area contributed by atoms with E-state index in [4.69, 9.17) is 20.4 Å². The van der Waals surface area contributed by atoms with Gasteiger partial charge in [0.15, 0.2) is 5.76 Å². The predicted molar refractivity (Wildman–Crippen MR) is 32.2 cm³/mol. The van der Waals surface area contributed by atoms with E-state index in [1.54, 1.807) is 0 Å². The van der Waals surface area contributed by atoms with Crippen LogP contribution in [0, 0.1) is 0 Å². The van der Waals surface area contributed by atoms with E-state index in [2.05, 4.69) is 0 Å². The summed E-state index contributed by atoms with van der Waals surface area (Å²) in [6.07, 6.45) is -0.905. The molecule has 0 rings (SSSR count). The molecule has 11 heavy (non-hydrogen) atoms. The van der Waals surface area contributed by atoms with Gasteiger partial charge in [0.25, 0.3) is 0 Å². The molecule has 0 radical (unpaired) electrons. The fourth-order valence-electron chi connectivity index (χ4n) is 0.350. The number of aliphatic carboxylic acids is 2. The first-order valence-corrected chi connectivity index (χ1v) is 2.51. The van der Waals surface area contributed by atoms with Crippen molar-refractivity contribution < 1.29 is 30.0 Å². The Morgan fingerprint density at radius 2 is 1.45 bits per heavy atom. The Labute approximate surface area is 61.0 Å².